The zero-order valence-electron chi connectivity index (χ0n) is 14.6. The molecule has 0 radical (unpaired) electrons. The van der Waals surface area contributed by atoms with Gasteiger partial charge in [0.25, 0.3) is 0 Å². The highest BCUT2D eigenvalue weighted by Gasteiger charge is 2.04. The summed E-state index contributed by atoms with van der Waals surface area (Å²) in [7, 11) is 0. The van der Waals surface area contributed by atoms with Crippen LogP contribution in [0.5, 0.6) is 11.5 Å². The fourth-order valence-electron chi connectivity index (χ4n) is 2.15. The minimum absolute atomic E-state index is 0.510. The van der Waals surface area contributed by atoms with Gasteiger partial charge in [0, 0.05) is 6.54 Å². The number of nitrogens with one attached hydrogen (secondary N) is 1. The Morgan fingerprint density at radius 2 is 1.74 bits per heavy atom. The molecular formula is C20H27NO2. The molecule has 3 nitrogen and oxygen atoms in total. The largest absolute Gasteiger partial charge is 0.492 e. The molecule has 2 aromatic carbocycles. The van der Waals surface area contributed by atoms with E-state index in [2.05, 4.69) is 45.1 Å². The molecule has 0 aliphatic heterocycles. The Morgan fingerprint density at radius 3 is 2.48 bits per heavy atom. The molecule has 0 saturated carbocycles. The summed E-state index contributed by atoms with van der Waals surface area (Å²) < 4.78 is 11.6. The zero-order chi connectivity index (χ0) is 16.7. The molecule has 0 bridgehead atoms. The molecule has 0 atom stereocenters. The van der Waals surface area contributed by atoms with Gasteiger partial charge in [0.15, 0.2) is 0 Å². The van der Waals surface area contributed by atoms with Crippen LogP contribution in [0.4, 0.5) is 5.69 Å². The van der Waals surface area contributed by atoms with Gasteiger partial charge in [-0.15, -0.1) is 0 Å². The molecule has 0 aliphatic carbocycles. The Bertz CT molecular complexity index is 623. The van der Waals surface area contributed by atoms with Crippen LogP contribution in [-0.4, -0.2) is 19.8 Å². The van der Waals surface area contributed by atoms with Crippen molar-refractivity contribution < 1.29 is 9.47 Å². The topological polar surface area (TPSA) is 30.5 Å². The first-order valence-corrected chi connectivity index (χ1v) is 8.22. The molecule has 23 heavy (non-hydrogen) atoms. The van der Waals surface area contributed by atoms with Crippen molar-refractivity contribution in [3.05, 3.63) is 53.6 Å². The van der Waals surface area contributed by atoms with E-state index >= 15 is 0 Å². The molecule has 1 N–H and O–H groups in total. The van der Waals surface area contributed by atoms with E-state index in [0.29, 0.717) is 12.5 Å². The molecule has 0 aliphatic rings. The van der Waals surface area contributed by atoms with E-state index in [9.17, 15) is 0 Å². The molecule has 2 aromatic rings. The highest BCUT2D eigenvalue weighted by molar-refractivity contribution is 5.56. The average molecular weight is 313 g/mol. The quantitative estimate of drug-likeness (QED) is 0.708. The number of rotatable bonds is 8. The van der Waals surface area contributed by atoms with Gasteiger partial charge < -0.3 is 14.8 Å². The van der Waals surface area contributed by atoms with Gasteiger partial charge in [-0.2, -0.15) is 0 Å². The van der Waals surface area contributed by atoms with E-state index < -0.39 is 0 Å². The molecule has 124 valence electrons. The van der Waals surface area contributed by atoms with Crippen LogP contribution in [0, 0.1) is 19.8 Å². The number of para-hydroxylation sites is 2. The SMILES string of the molecule is Cc1ccc(OCCNc2ccccc2OCC(C)C)cc1C. The highest BCUT2D eigenvalue weighted by atomic mass is 16.5. The Kier molecular flexibility index (Phi) is 6.33. The standard InChI is InChI=1S/C20H27NO2/c1-15(2)14-23-20-8-6-5-7-19(20)21-11-12-22-18-10-9-16(3)17(4)13-18/h5-10,13,15,21H,11-12,14H2,1-4H3. The van der Waals surface area contributed by atoms with Gasteiger partial charge in [-0.1, -0.05) is 32.0 Å². The Balaban J connectivity index is 1.83. The van der Waals surface area contributed by atoms with E-state index in [1.165, 1.54) is 11.1 Å². The molecule has 0 saturated heterocycles. The van der Waals surface area contributed by atoms with Gasteiger partial charge in [0.05, 0.1) is 12.3 Å². The van der Waals surface area contributed by atoms with Crippen LogP contribution < -0.4 is 14.8 Å². The molecule has 0 amide bonds. The van der Waals surface area contributed by atoms with Crippen molar-refractivity contribution in [2.45, 2.75) is 27.7 Å². The maximum atomic E-state index is 5.84. The molecule has 3 heteroatoms. The summed E-state index contributed by atoms with van der Waals surface area (Å²) in [6.45, 7) is 10.6. The van der Waals surface area contributed by atoms with E-state index in [4.69, 9.17) is 9.47 Å². The van der Waals surface area contributed by atoms with Crippen LogP contribution in [0.1, 0.15) is 25.0 Å². The lowest BCUT2D eigenvalue weighted by Gasteiger charge is -2.15. The van der Waals surface area contributed by atoms with E-state index in [-0.39, 0.29) is 0 Å². The molecule has 0 fully saturated rings. The van der Waals surface area contributed by atoms with Crippen molar-refractivity contribution in [1.82, 2.24) is 0 Å². The number of aryl methyl sites for hydroxylation is 2. The molecule has 0 unspecified atom stereocenters. The van der Waals surface area contributed by atoms with Gasteiger partial charge in [0.1, 0.15) is 18.1 Å². The molecular weight excluding hydrogens is 286 g/mol. The summed E-state index contributed by atoms with van der Waals surface area (Å²) in [6, 6.07) is 14.2. The van der Waals surface area contributed by atoms with Gasteiger partial charge in [0.2, 0.25) is 0 Å². The first kappa shape index (κ1) is 17.2. The second-order valence-electron chi connectivity index (χ2n) is 6.22. The third-order valence-corrected chi connectivity index (χ3v) is 3.62. The lowest BCUT2D eigenvalue weighted by molar-refractivity contribution is 0.272. The van der Waals surface area contributed by atoms with Crippen LogP contribution >= 0.6 is 0 Å². The summed E-state index contributed by atoms with van der Waals surface area (Å²) >= 11 is 0. The van der Waals surface area contributed by atoms with Crippen molar-refractivity contribution in [3.8, 4) is 11.5 Å². The molecule has 2 rings (SSSR count). The Morgan fingerprint density at radius 1 is 0.957 bits per heavy atom. The number of hydrogen-bond donors (Lipinski definition) is 1. The molecule has 0 aromatic heterocycles. The van der Waals surface area contributed by atoms with Gasteiger partial charge >= 0.3 is 0 Å². The van der Waals surface area contributed by atoms with Crippen molar-refractivity contribution in [2.75, 3.05) is 25.1 Å². The fraction of sp³-hybridized carbons (Fsp3) is 0.400. The second kappa shape index (κ2) is 8.47. The fourth-order valence-corrected chi connectivity index (χ4v) is 2.15. The first-order chi connectivity index (χ1) is 11.1. The number of benzene rings is 2. The first-order valence-electron chi connectivity index (χ1n) is 8.22. The van der Waals surface area contributed by atoms with Gasteiger partial charge in [-0.3, -0.25) is 0 Å². The number of anilines is 1. The minimum atomic E-state index is 0.510. The van der Waals surface area contributed by atoms with E-state index in [1.807, 2.05) is 30.3 Å². The second-order valence-corrected chi connectivity index (χ2v) is 6.22. The number of ether oxygens (including phenoxy) is 2. The van der Waals surface area contributed by atoms with Crippen LogP contribution in [0.15, 0.2) is 42.5 Å². The van der Waals surface area contributed by atoms with Gasteiger partial charge in [-0.25, -0.2) is 0 Å². The zero-order valence-corrected chi connectivity index (χ0v) is 14.6. The minimum Gasteiger partial charge on any atom is -0.492 e. The van der Waals surface area contributed by atoms with Crippen LogP contribution in [0.3, 0.4) is 0 Å². The average Bonchev–Trinajstić information content (AvgIpc) is 2.53. The van der Waals surface area contributed by atoms with E-state index in [1.54, 1.807) is 0 Å². The highest BCUT2D eigenvalue weighted by Crippen LogP contribution is 2.24. The predicted octanol–water partition coefficient (Wildman–Crippen LogP) is 4.83. The monoisotopic (exact) mass is 313 g/mol. The Hall–Kier alpha value is -2.16. The van der Waals surface area contributed by atoms with Crippen LogP contribution in [0.2, 0.25) is 0 Å². The maximum absolute atomic E-state index is 5.84. The summed E-state index contributed by atoms with van der Waals surface area (Å²) in [5.41, 5.74) is 3.55. The Labute approximate surface area is 139 Å². The third kappa shape index (κ3) is 5.51. The van der Waals surface area contributed by atoms with E-state index in [0.717, 1.165) is 30.3 Å². The molecule has 0 spiro atoms. The number of hydrogen-bond acceptors (Lipinski definition) is 3. The van der Waals surface area contributed by atoms with Crippen molar-refractivity contribution in [1.29, 1.82) is 0 Å². The van der Waals surface area contributed by atoms with Crippen LogP contribution in [0.25, 0.3) is 0 Å². The summed E-state index contributed by atoms with van der Waals surface area (Å²) in [4.78, 5) is 0. The maximum Gasteiger partial charge on any atom is 0.142 e. The normalized spacial score (nSPS) is 10.7. The van der Waals surface area contributed by atoms with Crippen molar-refractivity contribution in [3.63, 3.8) is 0 Å². The van der Waals surface area contributed by atoms with Crippen molar-refractivity contribution >= 4 is 5.69 Å². The summed E-state index contributed by atoms with van der Waals surface area (Å²) in [5, 5.41) is 3.38. The van der Waals surface area contributed by atoms with Crippen LogP contribution in [-0.2, 0) is 0 Å². The summed E-state index contributed by atoms with van der Waals surface area (Å²) in [6.07, 6.45) is 0. The predicted molar refractivity (Wildman–Crippen MR) is 96.7 cm³/mol. The summed E-state index contributed by atoms with van der Waals surface area (Å²) in [5.74, 6) is 2.32. The lowest BCUT2D eigenvalue weighted by Crippen LogP contribution is -2.13. The van der Waals surface area contributed by atoms with Crippen molar-refractivity contribution in [2.24, 2.45) is 5.92 Å². The smallest absolute Gasteiger partial charge is 0.142 e. The lowest BCUT2D eigenvalue weighted by atomic mass is 10.1. The third-order valence-electron chi connectivity index (χ3n) is 3.62. The van der Waals surface area contributed by atoms with Gasteiger partial charge in [-0.05, 0) is 55.2 Å². The molecule has 0 heterocycles.